The summed E-state index contributed by atoms with van der Waals surface area (Å²) in [6.45, 7) is -0.512. The summed E-state index contributed by atoms with van der Waals surface area (Å²) < 4.78 is 42.9. The van der Waals surface area contributed by atoms with E-state index >= 15 is 0 Å². The van der Waals surface area contributed by atoms with Gasteiger partial charge in [-0.3, -0.25) is 9.59 Å². The van der Waals surface area contributed by atoms with Crippen LogP contribution in [0.4, 0.5) is 18.9 Å². The van der Waals surface area contributed by atoms with Crippen molar-refractivity contribution in [2.75, 3.05) is 11.9 Å². The largest absolute Gasteiger partial charge is 0.484 e. The molecule has 124 valence electrons. The van der Waals surface area contributed by atoms with Crippen molar-refractivity contribution in [3.05, 3.63) is 58.0 Å². The molecule has 2 aromatic rings. The van der Waals surface area contributed by atoms with Crippen LogP contribution in [0.15, 0.2) is 41.3 Å². The zero-order chi connectivity index (χ0) is 17.7. The van der Waals surface area contributed by atoms with Gasteiger partial charge in [0.25, 0.3) is 11.5 Å². The minimum atomic E-state index is -4.65. The zero-order valence-corrected chi connectivity index (χ0v) is 12.0. The Morgan fingerprint density at radius 2 is 1.96 bits per heavy atom. The molecule has 0 fully saturated rings. The van der Waals surface area contributed by atoms with E-state index in [1.807, 2.05) is 11.1 Å². The number of rotatable bonds is 4. The summed E-state index contributed by atoms with van der Waals surface area (Å²) in [5, 5.41) is 10.7. The first kappa shape index (κ1) is 17.1. The van der Waals surface area contributed by atoms with E-state index in [1.165, 1.54) is 24.3 Å². The molecule has 0 unspecified atom stereocenters. The van der Waals surface area contributed by atoms with Gasteiger partial charge in [-0.05, 0) is 30.3 Å². The van der Waals surface area contributed by atoms with E-state index in [4.69, 9.17) is 10.00 Å². The van der Waals surface area contributed by atoms with Crippen molar-refractivity contribution in [2.24, 2.45) is 0 Å². The fourth-order valence-electron chi connectivity index (χ4n) is 1.70. The number of aromatic nitrogens is 1. The quantitative estimate of drug-likeness (QED) is 0.895. The number of H-pyrrole nitrogens is 1. The summed E-state index contributed by atoms with van der Waals surface area (Å²) >= 11 is 0. The van der Waals surface area contributed by atoms with Crippen molar-refractivity contribution < 1.29 is 22.7 Å². The van der Waals surface area contributed by atoms with Crippen LogP contribution in [0.2, 0.25) is 0 Å². The molecule has 9 heteroatoms. The highest BCUT2D eigenvalue weighted by atomic mass is 19.4. The van der Waals surface area contributed by atoms with Gasteiger partial charge in [0.15, 0.2) is 6.61 Å². The molecule has 1 aromatic heterocycles. The van der Waals surface area contributed by atoms with E-state index in [1.54, 1.807) is 0 Å². The predicted molar refractivity (Wildman–Crippen MR) is 77.3 cm³/mol. The number of hydrogen-bond acceptors (Lipinski definition) is 4. The highest BCUT2D eigenvalue weighted by Gasteiger charge is 2.31. The Morgan fingerprint density at radius 3 is 2.54 bits per heavy atom. The number of alkyl halides is 3. The standard InChI is InChI=1S/C15H10F3N3O3/c16-15(17,18)10-5-12(14(23)20-7-10)21-13(22)8-24-11-3-1-9(6-19)2-4-11/h1-5,7H,8H2,(H,20,23)(H,21,22). The molecular weight excluding hydrogens is 327 g/mol. The second-order valence-corrected chi connectivity index (χ2v) is 4.60. The molecule has 2 N–H and O–H groups in total. The lowest BCUT2D eigenvalue weighted by Gasteiger charge is -2.10. The average molecular weight is 337 g/mol. The maximum absolute atomic E-state index is 12.6. The van der Waals surface area contributed by atoms with Crippen LogP contribution in [0.25, 0.3) is 0 Å². The van der Waals surface area contributed by atoms with E-state index in [0.29, 0.717) is 23.6 Å². The van der Waals surface area contributed by atoms with Gasteiger partial charge in [0, 0.05) is 6.20 Å². The molecule has 1 amide bonds. The highest BCUT2D eigenvalue weighted by molar-refractivity contribution is 5.91. The number of carbonyl (C=O) groups is 1. The molecule has 0 radical (unpaired) electrons. The fraction of sp³-hybridized carbons (Fsp3) is 0.133. The van der Waals surface area contributed by atoms with E-state index < -0.39 is 35.5 Å². The van der Waals surface area contributed by atoms with Crippen LogP contribution in [-0.2, 0) is 11.0 Å². The zero-order valence-electron chi connectivity index (χ0n) is 12.0. The molecule has 0 aliphatic rings. The second kappa shape index (κ2) is 6.87. The van der Waals surface area contributed by atoms with E-state index in [0.717, 1.165) is 0 Å². The summed E-state index contributed by atoms with van der Waals surface area (Å²) in [6, 6.07) is 8.33. The van der Waals surface area contributed by atoms with Crippen LogP contribution in [0.3, 0.4) is 0 Å². The minimum Gasteiger partial charge on any atom is -0.484 e. The third-order valence-corrected chi connectivity index (χ3v) is 2.86. The Hall–Kier alpha value is -3.28. The van der Waals surface area contributed by atoms with Gasteiger partial charge in [-0.15, -0.1) is 0 Å². The maximum atomic E-state index is 12.6. The summed E-state index contributed by atoms with van der Waals surface area (Å²) in [7, 11) is 0. The molecular formula is C15H10F3N3O3. The molecule has 1 heterocycles. The van der Waals surface area contributed by atoms with Crippen LogP contribution < -0.4 is 15.6 Å². The number of nitriles is 1. The number of anilines is 1. The molecule has 0 saturated heterocycles. The number of aromatic amines is 1. The van der Waals surface area contributed by atoms with Crippen molar-refractivity contribution >= 4 is 11.6 Å². The molecule has 6 nitrogen and oxygen atoms in total. The monoisotopic (exact) mass is 337 g/mol. The summed E-state index contributed by atoms with van der Waals surface area (Å²) in [5.74, 6) is -0.508. The highest BCUT2D eigenvalue weighted by Crippen LogP contribution is 2.29. The van der Waals surface area contributed by atoms with Gasteiger partial charge in [0.05, 0.1) is 17.2 Å². The Balaban J connectivity index is 2.02. The number of nitrogens with zero attached hydrogens (tertiary/aromatic N) is 1. The Kier molecular flexibility index (Phi) is 4.89. The van der Waals surface area contributed by atoms with Crippen LogP contribution in [0, 0.1) is 11.3 Å². The SMILES string of the molecule is N#Cc1ccc(OCC(=O)Nc2cc(C(F)(F)F)c[nH]c2=O)cc1. The fourth-order valence-corrected chi connectivity index (χ4v) is 1.70. The Bertz CT molecular complexity index is 836. The Labute approximate surface area is 133 Å². The third kappa shape index (κ3) is 4.36. The number of pyridine rings is 1. The normalized spacial score (nSPS) is 10.8. The van der Waals surface area contributed by atoms with E-state index in [-0.39, 0.29) is 0 Å². The third-order valence-electron chi connectivity index (χ3n) is 2.86. The number of nitrogens with one attached hydrogen (secondary N) is 2. The van der Waals surface area contributed by atoms with Gasteiger partial charge in [-0.1, -0.05) is 0 Å². The topological polar surface area (TPSA) is 95.0 Å². The molecule has 0 atom stereocenters. The van der Waals surface area contributed by atoms with Gasteiger partial charge >= 0.3 is 6.18 Å². The van der Waals surface area contributed by atoms with Crippen LogP contribution >= 0.6 is 0 Å². The average Bonchev–Trinajstić information content (AvgIpc) is 2.54. The van der Waals surface area contributed by atoms with Crippen LogP contribution in [0.1, 0.15) is 11.1 Å². The first-order chi connectivity index (χ1) is 11.3. The van der Waals surface area contributed by atoms with Crippen molar-refractivity contribution in [1.82, 2.24) is 4.98 Å². The lowest BCUT2D eigenvalue weighted by Crippen LogP contribution is -2.25. The van der Waals surface area contributed by atoms with Crippen LogP contribution in [0.5, 0.6) is 5.75 Å². The van der Waals surface area contributed by atoms with Crippen molar-refractivity contribution in [3.63, 3.8) is 0 Å². The molecule has 1 aromatic carbocycles. The Morgan fingerprint density at radius 1 is 1.29 bits per heavy atom. The van der Waals surface area contributed by atoms with E-state index in [9.17, 15) is 22.8 Å². The number of amides is 1. The summed E-state index contributed by atoms with van der Waals surface area (Å²) in [4.78, 5) is 25.1. The smallest absolute Gasteiger partial charge is 0.417 e. The van der Waals surface area contributed by atoms with Gasteiger partial charge in [0.2, 0.25) is 0 Å². The second-order valence-electron chi connectivity index (χ2n) is 4.60. The van der Waals surface area contributed by atoms with Crippen LogP contribution in [-0.4, -0.2) is 17.5 Å². The van der Waals surface area contributed by atoms with E-state index in [2.05, 4.69) is 5.32 Å². The number of ether oxygens (including phenoxy) is 1. The minimum absolute atomic E-state index is 0.294. The summed E-state index contributed by atoms with van der Waals surface area (Å²) in [5.41, 5.74) is -2.08. The van der Waals surface area contributed by atoms with Gasteiger partial charge in [0.1, 0.15) is 11.4 Å². The lowest BCUT2D eigenvalue weighted by molar-refractivity contribution is -0.137. The molecule has 0 bridgehead atoms. The molecule has 24 heavy (non-hydrogen) atoms. The maximum Gasteiger partial charge on any atom is 0.417 e. The van der Waals surface area contributed by atoms with Crippen molar-refractivity contribution in [1.29, 1.82) is 5.26 Å². The first-order valence-corrected chi connectivity index (χ1v) is 6.52. The van der Waals surface area contributed by atoms with Gasteiger partial charge in [-0.2, -0.15) is 18.4 Å². The molecule has 0 saturated carbocycles. The van der Waals surface area contributed by atoms with Crippen molar-refractivity contribution in [2.45, 2.75) is 6.18 Å². The van der Waals surface area contributed by atoms with Gasteiger partial charge in [-0.25, -0.2) is 0 Å². The van der Waals surface area contributed by atoms with Crippen molar-refractivity contribution in [3.8, 4) is 11.8 Å². The first-order valence-electron chi connectivity index (χ1n) is 6.52. The predicted octanol–water partition coefficient (Wildman–Crippen LogP) is 2.28. The number of halogens is 3. The van der Waals surface area contributed by atoms with Gasteiger partial charge < -0.3 is 15.0 Å². The molecule has 0 aliphatic carbocycles. The number of benzene rings is 1. The number of hydrogen-bond donors (Lipinski definition) is 2. The summed E-state index contributed by atoms with van der Waals surface area (Å²) in [6.07, 6.45) is -4.13. The number of carbonyl (C=O) groups excluding carboxylic acids is 1. The molecule has 0 aliphatic heterocycles. The lowest BCUT2D eigenvalue weighted by atomic mass is 10.2. The molecule has 0 spiro atoms. The molecule has 2 rings (SSSR count).